The van der Waals surface area contributed by atoms with Gasteiger partial charge in [-0.1, -0.05) is 48.5 Å². The van der Waals surface area contributed by atoms with E-state index < -0.39 is 0 Å². The summed E-state index contributed by atoms with van der Waals surface area (Å²) in [6.45, 7) is 1.83. The molecule has 0 aliphatic heterocycles. The normalized spacial score (nSPS) is 11.4. The Morgan fingerprint density at radius 1 is 1.00 bits per heavy atom. The number of hydrogen-bond donors (Lipinski definition) is 2. The van der Waals surface area contributed by atoms with Crippen molar-refractivity contribution < 1.29 is 4.79 Å². The van der Waals surface area contributed by atoms with E-state index in [1.807, 2.05) is 67.6 Å². The van der Waals surface area contributed by atoms with Crippen molar-refractivity contribution in [2.24, 2.45) is 5.10 Å². The Morgan fingerprint density at radius 3 is 2.57 bits per heavy atom. The number of nitrogens with two attached hydrogens (primary N) is 1. The van der Waals surface area contributed by atoms with Crippen molar-refractivity contribution in [1.82, 2.24) is 5.43 Å². The van der Waals surface area contributed by atoms with E-state index in [1.165, 1.54) is 0 Å². The molecule has 1 amide bonds. The Kier molecular flexibility index (Phi) is 4.06. The first kappa shape index (κ1) is 14.8. The summed E-state index contributed by atoms with van der Waals surface area (Å²) in [7, 11) is 0. The Balaban J connectivity index is 1.85. The monoisotopic (exact) mass is 303 g/mol. The van der Waals surface area contributed by atoms with Crippen LogP contribution in [-0.2, 0) is 0 Å². The van der Waals surface area contributed by atoms with Gasteiger partial charge < -0.3 is 5.73 Å². The third-order valence-corrected chi connectivity index (χ3v) is 3.66. The largest absolute Gasteiger partial charge is 0.399 e. The van der Waals surface area contributed by atoms with Crippen LogP contribution in [0.2, 0.25) is 0 Å². The minimum Gasteiger partial charge on any atom is -0.399 e. The Morgan fingerprint density at radius 2 is 1.74 bits per heavy atom. The third kappa shape index (κ3) is 3.21. The number of fused-ring (bicyclic) bond motifs is 1. The number of nitrogens with one attached hydrogen (secondary N) is 1. The van der Waals surface area contributed by atoms with Crippen molar-refractivity contribution in [3.05, 3.63) is 77.9 Å². The van der Waals surface area contributed by atoms with Gasteiger partial charge >= 0.3 is 0 Å². The van der Waals surface area contributed by atoms with Crippen molar-refractivity contribution in [3.63, 3.8) is 0 Å². The molecule has 0 unspecified atom stereocenters. The second-order valence-corrected chi connectivity index (χ2v) is 5.29. The molecule has 0 radical (unpaired) electrons. The number of carbonyl (C=O) groups excluding carboxylic acids is 1. The number of benzene rings is 3. The highest BCUT2D eigenvalue weighted by atomic mass is 16.2. The SMILES string of the molecule is C/C(=N\NC(=O)c1cccc2ccccc12)c1cccc(N)c1. The van der Waals surface area contributed by atoms with Crippen LogP contribution in [0.25, 0.3) is 10.8 Å². The number of hydrogen-bond acceptors (Lipinski definition) is 3. The molecular weight excluding hydrogens is 286 g/mol. The zero-order valence-electron chi connectivity index (χ0n) is 12.8. The standard InChI is InChI=1S/C19H17N3O/c1-13(15-8-4-9-16(20)12-15)21-22-19(23)18-11-5-7-14-6-2-3-10-17(14)18/h2-12H,20H2,1H3,(H,22,23)/b21-13+. The van der Waals surface area contributed by atoms with Crippen LogP contribution in [0.3, 0.4) is 0 Å². The smallest absolute Gasteiger partial charge is 0.272 e. The van der Waals surface area contributed by atoms with Gasteiger partial charge in [-0.05, 0) is 41.5 Å². The molecule has 0 saturated carbocycles. The molecule has 114 valence electrons. The molecule has 23 heavy (non-hydrogen) atoms. The van der Waals surface area contributed by atoms with Crippen LogP contribution in [0.1, 0.15) is 22.8 Å². The van der Waals surface area contributed by atoms with E-state index in [4.69, 9.17) is 5.73 Å². The first-order chi connectivity index (χ1) is 11.1. The average molecular weight is 303 g/mol. The van der Waals surface area contributed by atoms with E-state index >= 15 is 0 Å². The summed E-state index contributed by atoms with van der Waals surface area (Å²) in [5, 5.41) is 6.11. The predicted molar refractivity (Wildman–Crippen MR) is 94.5 cm³/mol. The fourth-order valence-corrected chi connectivity index (χ4v) is 2.45. The Bertz CT molecular complexity index is 895. The summed E-state index contributed by atoms with van der Waals surface area (Å²) < 4.78 is 0. The quantitative estimate of drug-likeness (QED) is 0.441. The lowest BCUT2D eigenvalue weighted by Gasteiger charge is -2.06. The molecule has 3 aromatic rings. The van der Waals surface area contributed by atoms with Gasteiger partial charge in [0.05, 0.1) is 5.71 Å². The van der Waals surface area contributed by atoms with Crippen molar-refractivity contribution in [3.8, 4) is 0 Å². The molecule has 0 fully saturated rings. The van der Waals surface area contributed by atoms with Gasteiger partial charge in [0.25, 0.3) is 5.91 Å². The number of anilines is 1. The summed E-state index contributed by atoms with van der Waals surface area (Å²) >= 11 is 0. The van der Waals surface area contributed by atoms with Crippen molar-refractivity contribution in [2.45, 2.75) is 6.92 Å². The summed E-state index contributed by atoms with van der Waals surface area (Å²) in [6, 6.07) is 20.8. The number of hydrazone groups is 1. The third-order valence-electron chi connectivity index (χ3n) is 3.66. The summed E-state index contributed by atoms with van der Waals surface area (Å²) in [6.07, 6.45) is 0. The number of rotatable bonds is 3. The van der Waals surface area contributed by atoms with Gasteiger partial charge in [0.2, 0.25) is 0 Å². The molecule has 3 rings (SSSR count). The van der Waals surface area contributed by atoms with E-state index in [1.54, 1.807) is 6.07 Å². The van der Waals surface area contributed by atoms with Crippen molar-refractivity contribution in [2.75, 3.05) is 5.73 Å². The Hall–Kier alpha value is -3.14. The van der Waals surface area contributed by atoms with Crippen LogP contribution >= 0.6 is 0 Å². The van der Waals surface area contributed by atoms with Gasteiger partial charge in [0.1, 0.15) is 0 Å². The fraction of sp³-hybridized carbons (Fsp3) is 0.0526. The van der Waals surface area contributed by atoms with Gasteiger partial charge in [-0.2, -0.15) is 5.10 Å². The van der Waals surface area contributed by atoms with E-state index in [0.717, 1.165) is 16.3 Å². The van der Waals surface area contributed by atoms with E-state index in [2.05, 4.69) is 10.5 Å². The maximum absolute atomic E-state index is 12.4. The first-order valence-electron chi connectivity index (χ1n) is 7.33. The summed E-state index contributed by atoms with van der Waals surface area (Å²) in [5.74, 6) is -0.231. The zero-order chi connectivity index (χ0) is 16.2. The average Bonchev–Trinajstić information content (AvgIpc) is 2.59. The van der Waals surface area contributed by atoms with Crippen molar-refractivity contribution >= 4 is 28.1 Å². The van der Waals surface area contributed by atoms with E-state index in [0.29, 0.717) is 17.0 Å². The van der Waals surface area contributed by atoms with Gasteiger partial charge in [-0.15, -0.1) is 0 Å². The number of carbonyl (C=O) groups is 1. The molecule has 0 bridgehead atoms. The van der Waals surface area contributed by atoms with Crippen LogP contribution < -0.4 is 11.2 Å². The van der Waals surface area contributed by atoms with Crippen molar-refractivity contribution in [1.29, 1.82) is 0 Å². The number of nitrogens with zero attached hydrogens (tertiary/aromatic N) is 1. The molecule has 3 N–H and O–H groups in total. The minimum absolute atomic E-state index is 0.231. The summed E-state index contributed by atoms with van der Waals surface area (Å²) in [4.78, 5) is 12.4. The number of nitrogen functional groups attached to an aromatic ring is 1. The molecule has 0 saturated heterocycles. The lowest BCUT2D eigenvalue weighted by atomic mass is 10.0. The molecule has 0 heterocycles. The van der Waals surface area contributed by atoms with Crippen LogP contribution in [0.15, 0.2) is 71.8 Å². The molecule has 0 aliphatic carbocycles. The van der Waals surface area contributed by atoms with Gasteiger partial charge in [-0.25, -0.2) is 5.43 Å². The highest BCUT2D eigenvalue weighted by molar-refractivity contribution is 6.08. The van der Waals surface area contributed by atoms with Crippen LogP contribution in [0.5, 0.6) is 0 Å². The van der Waals surface area contributed by atoms with Crippen LogP contribution in [0, 0.1) is 0 Å². The van der Waals surface area contributed by atoms with Crippen LogP contribution in [-0.4, -0.2) is 11.6 Å². The Labute approximate surface area is 134 Å². The topological polar surface area (TPSA) is 67.5 Å². The highest BCUT2D eigenvalue weighted by Crippen LogP contribution is 2.18. The molecule has 4 heteroatoms. The molecule has 4 nitrogen and oxygen atoms in total. The van der Waals surface area contributed by atoms with E-state index in [-0.39, 0.29) is 5.91 Å². The zero-order valence-corrected chi connectivity index (χ0v) is 12.8. The molecule has 0 aromatic heterocycles. The van der Waals surface area contributed by atoms with Gasteiger partial charge in [0, 0.05) is 11.3 Å². The van der Waals surface area contributed by atoms with Crippen LogP contribution in [0.4, 0.5) is 5.69 Å². The molecule has 0 spiro atoms. The second kappa shape index (κ2) is 6.32. The maximum Gasteiger partial charge on any atom is 0.272 e. The minimum atomic E-state index is -0.231. The molecule has 0 aliphatic rings. The summed E-state index contributed by atoms with van der Waals surface area (Å²) in [5.41, 5.74) is 11.2. The van der Waals surface area contributed by atoms with Gasteiger partial charge in [0.15, 0.2) is 0 Å². The molecule has 0 atom stereocenters. The van der Waals surface area contributed by atoms with Gasteiger partial charge in [-0.3, -0.25) is 4.79 Å². The lowest BCUT2D eigenvalue weighted by molar-refractivity contribution is 0.0956. The second-order valence-electron chi connectivity index (χ2n) is 5.29. The molecular formula is C19H17N3O. The lowest BCUT2D eigenvalue weighted by Crippen LogP contribution is -2.19. The maximum atomic E-state index is 12.4. The molecule has 3 aromatic carbocycles. The van der Waals surface area contributed by atoms with E-state index in [9.17, 15) is 4.79 Å². The first-order valence-corrected chi connectivity index (χ1v) is 7.33. The predicted octanol–water partition coefficient (Wildman–Crippen LogP) is 3.58. The highest BCUT2D eigenvalue weighted by Gasteiger charge is 2.09. The number of amides is 1. The fourth-order valence-electron chi connectivity index (χ4n) is 2.45.